The van der Waals surface area contributed by atoms with Gasteiger partial charge in [0.1, 0.15) is 36.3 Å². The van der Waals surface area contributed by atoms with Crippen molar-refractivity contribution in [1.29, 1.82) is 0 Å². The highest BCUT2D eigenvalue weighted by Crippen LogP contribution is 2.23. The van der Waals surface area contributed by atoms with Crippen LogP contribution in [0.3, 0.4) is 0 Å². The Balaban J connectivity index is 2.46. The van der Waals surface area contributed by atoms with Crippen LogP contribution in [0, 0.1) is 0 Å². The zero-order valence-corrected chi connectivity index (χ0v) is 36.3. The van der Waals surface area contributed by atoms with Gasteiger partial charge in [0.25, 0.3) is 0 Å². The fourth-order valence-electron chi connectivity index (χ4n) is 6.14. The Hall–Kier alpha value is -5.94. The number of amides is 8. The molecule has 2 rings (SSSR count). The molecule has 0 aliphatic carbocycles. The van der Waals surface area contributed by atoms with Crippen LogP contribution in [0.25, 0.3) is 0 Å². The van der Waals surface area contributed by atoms with Crippen LogP contribution in [-0.2, 0) is 52.7 Å². The minimum Gasteiger partial charge on any atom is -0.481 e. The average molecular weight is 948 g/mol. The lowest BCUT2D eigenvalue weighted by Crippen LogP contribution is -2.57. The number of carboxylic acid groups (broad SMARTS) is 3. The van der Waals surface area contributed by atoms with Gasteiger partial charge in [-0.15, -0.1) is 0 Å². The van der Waals surface area contributed by atoms with Crippen LogP contribution in [-0.4, -0.2) is 178 Å². The summed E-state index contributed by atoms with van der Waals surface area (Å²) in [5.74, 6) is -12.9. The van der Waals surface area contributed by atoms with Gasteiger partial charge in [0, 0.05) is 24.6 Å². The molecule has 0 spiro atoms. The van der Waals surface area contributed by atoms with Crippen LogP contribution in [0.2, 0.25) is 0 Å². The lowest BCUT2D eigenvalue weighted by atomic mass is 10.1. The quantitative estimate of drug-likeness (QED) is 0.0353. The third-order valence-corrected chi connectivity index (χ3v) is 11.9. The van der Waals surface area contributed by atoms with Gasteiger partial charge in [-0.05, 0) is 51.5 Å². The molecule has 2 aliphatic heterocycles. The van der Waals surface area contributed by atoms with Crippen molar-refractivity contribution in [3.8, 4) is 0 Å². The Morgan fingerprint density at radius 1 is 0.672 bits per heavy atom. The molecule has 1 unspecified atom stereocenters. The molecule has 358 valence electrons. The summed E-state index contributed by atoms with van der Waals surface area (Å²) >= 11 is 0. The van der Waals surface area contributed by atoms with Crippen molar-refractivity contribution in [3.63, 3.8) is 0 Å². The zero-order valence-electron chi connectivity index (χ0n) is 34.7. The number of nitrogens with one attached hydrogen (secondary N) is 7. The molecule has 0 saturated carbocycles. The lowest BCUT2D eigenvalue weighted by Gasteiger charge is -2.27. The Morgan fingerprint density at radius 3 is 1.81 bits per heavy atom. The second-order valence-corrected chi connectivity index (χ2v) is 17.0. The summed E-state index contributed by atoms with van der Waals surface area (Å²) in [4.78, 5) is 147. The molecule has 8 amide bonds. The molecule has 0 bridgehead atoms. The predicted molar refractivity (Wildman–Crippen MR) is 228 cm³/mol. The van der Waals surface area contributed by atoms with Gasteiger partial charge in [-0.3, -0.25) is 52.9 Å². The van der Waals surface area contributed by atoms with Crippen LogP contribution in [0.5, 0.6) is 0 Å². The number of hydrogen-bond donors (Lipinski definition) is 14. The monoisotopic (exact) mass is 947 g/mol. The van der Waals surface area contributed by atoms with Crippen molar-refractivity contribution >= 4 is 92.7 Å². The van der Waals surface area contributed by atoms with Crippen molar-refractivity contribution in [2.24, 2.45) is 27.9 Å². The molecule has 0 aromatic rings. The number of nitrogens with zero attached hydrogens (tertiary/aromatic N) is 2. The van der Waals surface area contributed by atoms with Crippen molar-refractivity contribution in [3.05, 3.63) is 0 Å². The first-order valence-corrected chi connectivity index (χ1v) is 22.5. The summed E-state index contributed by atoms with van der Waals surface area (Å²) in [6.45, 7) is -1.23. The number of aliphatic imine (C=N–C) groups is 1. The van der Waals surface area contributed by atoms with Gasteiger partial charge in [0.05, 0.1) is 32.0 Å². The average Bonchev–Trinajstić information content (AvgIpc) is 3.72. The van der Waals surface area contributed by atoms with E-state index in [2.05, 4.69) is 42.2 Å². The van der Waals surface area contributed by atoms with Crippen LogP contribution >= 0.6 is 21.6 Å². The van der Waals surface area contributed by atoms with Crippen molar-refractivity contribution < 1.29 is 68.1 Å². The standard InChI is InChI=1S/C35H57N13O14S2/c36-8-2-1-5-18-30(57)42-14-25(50)48-10-4-7-23(48)33(60)46-21(12-27(53)54)32(59)47-22(34(61)62)16-64-63-15-17(37)28(55)44-19(6-3-9-40-35(38)39)29(56)41-13-24(49)43-20(11-26(51)52)31(58)45-18/h17-23H,1-16,36-37H2,(H,41,56)(H,42,57)(H,43,49)(H,44,55)(H,45,58)(H,46,60)(H,47,59)(H,51,52)(H,53,54)(H,61,62)(H4,38,39,40)/t17-,18-,19-,20?,21-,22-,23-/m0/s1. The van der Waals surface area contributed by atoms with Gasteiger partial charge in [-0.1, -0.05) is 21.6 Å². The van der Waals surface area contributed by atoms with Gasteiger partial charge in [-0.2, -0.15) is 0 Å². The van der Waals surface area contributed by atoms with Gasteiger partial charge < -0.3 is 80.4 Å². The molecule has 0 radical (unpaired) electrons. The molecule has 2 fully saturated rings. The Bertz CT molecular complexity index is 1750. The highest BCUT2D eigenvalue weighted by Gasteiger charge is 2.38. The number of unbranched alkanes of at least 4 members (excludes halogenated alkanes) is 1. The topological polar surface area (TPSA) is 452 Å². The number of carbonyl (C=O) groups is 11. The number of guanidine groups is 1. The predicted octanol–water partition coefficient (Wildman–Crippen LogP) is -6.43. The first kappa shape index (κ1) is 54.2. The third kappa shape index (κ3) is 19.6. The number of rotatable bonds is 13. The summed E-state index contributed by atoms with van der Waals surface area (Å²) < 4.78 is 0. The van der Waals surface area contributed by atoms with E-state index in [-0.39, 0.29) is 69.2 Å². The SMILES string of the molecule is NCCCC[C@@H]1NC(=O)C(CC(=O)O)NC(=O)CNC(=O)[C@H](CCCN=C(N)N)NC(=O)[C@@H](N)CSSC[C@@H](C(=O)O)NC(=O)[C@H](CC(=O)O)NC(=O)[C@@H]2CCCN2C(=O)CNC1=O. The van der Waals surface area contributed by atoms with Crippen LogP contribution in [0.15, 0.2) is 4.99 Å². The van der Waals surface area contributed by atoms with Crippen molar-refractivity contribution in [2.75, 3.05) is 44.2 Å². The zero-order chi connectivity index (χ0) is 47.9. The summed E-state index contributed by atoms with van der Waals surface area (Å²) in [5.41, 5.74) is 22.4. The lowest BCUT2D eigenvalue weighted by molar-refractivity contribution is -0.144. The maximum absolute atomic E-state index is 13.4. The van der Waals surface area contributed by atoms with Gasteiger partial charge in [0.2, 0.25) is 47.3 Å². The summed E-state index contributed by atoms with van der Waals surface area (Å²) in [7, 11) is 1.80. The first-order valence-electron chi connectivity index (χ1n) is 20.0. The Kier molecular flexibility index (Phi) is 23.7. The molecule has 2 heterocycles. The van der Waals surface area contributed by atoms with Gasteiger partial charge >= 0.3 is 17.9 Å². The number of carbonyl (C=O) groups excluding carboxylic acids is 8. The summed E-state index contributed by atoms with van der Waals surface area (Å²) in [6, 6.07) is -10.4. The Labute approximate surface area is 374 Å². The molecule has 2 aliphatic rings. The highest BCUT2D eigenvalue weighted by molar-refractivity contribution is 8.76. The fourth-order valence-corrected chi connectivity index (χ4v) is 8.42. The maximum Gasteiger partial charge on any atom is 0.327 e. The van der Waals surface area contributed by atoms with Crippen LogP contribution < -0.4 is 60.2 Å². The van der Waals surface area contributed by atoms with Crippen molar-refractivity contribution in [2.45, 2.75) is 100 Å². The van der Waals surface area contributed by atoms with Crippen LogP contribution in [0.1, 0.15) is 57.8 Å². The van der Waals surface area contributed by atoms with Gasteiger partial charge in [0.15, 0.2) is 5.96 Å². The second kappa shape index (κ2) is 28.0. The number of aliphatic carboxylic acids is 3. The molecule has 0 aromatic heterocycles. The van der Waals surface area contributed by atoms with E-state index in [1.807, 2.05) is 0 Å². The molecule has 7 atom stereocenters. The molecule has 29 heteroatoms. The van der Waals surface area contributed by atoms with E-state index in [1.165, 1.54) is 0 Å². The fraction of sp³-hybridized carbons (Fsp3) is 0.657. The van der Waals surface area contributed by atoms with E-state index in [0.29, 0.717) is 12.8 Å². The van der Waals surface area contributed by atoms with E-state index in [4.69, 9.17) is 22.9 Å². The van der Waals surface area contributed by atoms with Crippen molar-refractivity contribution in [1.82, 2.24) is 42.1 Å². The molecule has 0 aromatic carbocycles. The normalized spacial score (nSPS) is 25.5. The molecule has 18 N–H and O–H groups in total. The molecular weight excluding hydrogens is 891 g/mol. The van der Waals surface area contributed by atoms with Gasteiger partial charge in [-0.25, -0.2) is 4.79 Å². The number of fused-ring (bicyclic) bond motifs is 1. The van der Waals surface area contributed by atoms with E-state index in [0.717, 1.165) is 26.5 Å². The number of nitrogens with two attached hydrogens (primary N) is 4. The summed E-state index contributed by atoms with van der Waals surface area (Å²) in [5, 5.41) is 45.0. The number of hydrogen-bond acceptors (Lipinski definition) is 16. The summed E-state index contributed by atoms with van der Waals surface area (Å²) in [6.07, 6.45) is -0.832. The molecule has 64 heavy (non-hydrogen) atoms. The molecule has 2 saturated heterocycles. The second-order valence-electron chi connectivity index (χ2n) is 14.5. The first-order chi connectivity index (χ1) is 30.2. The molecular formula is C35H57N13O14S2. The van der Waals surface area contributed by atoms with E-state index < -0.39 is 133 Å². The largest absolute Gasteiger partial charge is 0.481 e. The third-order valence-electron chi connectivity index (χ3n) is 9.43. The number of carboxylic acids is 3. The smallest absolute Gasteiger partial charge is 0.327 e. The van der Waals surface area contributed by atoms with E-state index in [1.54, 1.807) is 0 Å². The molecule has 27 nitrogen and oxygen atoms in total. The Morgan fingerprint density at radius 2 is 1.22 bits per heavy atom. The minimum atomic E-state index is -1.79. The maximum atomic E-state index is 13.4. The van der Waals surface area contributed by atoms with E-state index in [9.17, 15) is 68.1 Å². The van der Waals surface area contributed by atoms with Crippen LogP contribution in [0.4, 0.5) is 0 Å². The highest BCUT2D eigenvalue weighted by atomic mass is 33.1. The van der Waals surface area contributed by atoms with E-state index >= 15 is 0 Å². The minimum absolute atomic E-state index is 0.0254.